The Morgan fingerprint density at radius 1 is 1.09 bits per heavy atom. The first kappa shape index (κ1) is 37.9. The van der Waals surface area contributed by atoms with Crippen molar-refractivity contribution in [3.63, 3.8) is 0 Å². The van der Waals surface area contributed by atoms with Gasteiger partial charge in [-0.3, -0.25) is 9.59 Å². The smallest absolute Gasteiger partial charge is 0.254 e. The van der Waals surface area contributed by atoms with Crippen LogP contribution in [0, 0.1) is 10.8 Å². The molecule has 1 aliphatic heterocycles. The number of halogens is 1. The van der Waals surface area contributed by atoms with E-state index in [0.29, 0.717) is 36.2 Å². The molecule has 5 N–H and O–H groups in total. The van der Waals surface area contributed by atoms with Crippen molar-refractivity contribution in [3.8, 4) is 11.4 Å². The summed E-state index contributed by atoms with van der Waals surface area (Å²) in [5.74, 6) is 0.145. The quantitative estimate of drug-likeness (QED) is 0.187. The maximum Gasteiger partial charge on any atom is 0.254 e. The van der Waals surface area contributed by atoms with Crippen LogP contribution in [0.4, 0.5) is 4.39 Å². The molecule has 5 rings (SSSR count). The first-order valence-electron chi connectivity index (χ1n) is 16.2. The van der Waals surface area contributed by atoms with Crippen molar-refractivity contribution in [2.45, 2.75) is 79.6 Å². The molecule has 1 amide bonds. The highest BCUT2D eigenvalue weighted by Crippen LogP contribution is 2.34. The number of allylic oxidation sites excluding steroid dienone is 1. The number of benzene rings is 2. The van der Waals surface area contributed by atoms with E-state index in [1.165, 1.54) is 45.0 Å². The predicted molar refractivity (Wildman–Crippen MR) is 187 cm³/mol. The molecule has 2 aliphatic rings. The van der Waals surface area contributed by atoms with E-state index in [0.717, 1.165) is 16.7 Å². The largest absolute Gasteiger partial charge is 0.451 e. The van der Waals surface area contributed by atoms with Crippen LogP contribution in [0.2, 0.25) is 0 Å². The number of ether oxygens (including phenoxy) is 1. The van der Waals surface area contributed by atoms with E-state index in [2.05, 4.69) is 50.8 Å². The highest BCUT2D eigenvalue weighted by Gasteiger charge is 2.28. The minimum atomic E-state index is -0.861. The third-order valence-corrected chi connectivity index (χ3v) is 7.12. The van der Waals surface area contributed by atoms with E-state index in [4.69, 9.17) is 10.5 Å². The Kier molecular flexibility index (Phi) is 15.9. The number of nitrogens with zero attached hydrogens (tertiary/aromatic N) is 2. The number of aromatic nitrogens is 1. The van der Waals surface area contributed by atoms with Crippen molar-refractivity contribution in [2.75, 3.05) is 20.1 Å². The van der Waals surface area contributed by atoms with Gasteiger partial charge in [0.25, 0.3) is 5.91 Å². The van der Waals surface area contributed by atoms with E-state index in [-0.39, 0.29) is 35.2 Å². The van der Waals surface area contributed by atoms with Gasteiger partial charge in [-0.25, -0.2) is 4.39 Å². The molecule has 2 aromatic carbocycles. The number of carbonyl (C=O) groups is 1. The highest BCUT2D eigenvalue weighted by atomic mass is 19.1. The molecule has 250 valence electrons. The number of unbranched alkanes of at least 4 members (excludes halogenated alkanes) is 2. The molecular formula is C36H50FN5O4. The SMILES string of the molecule is CCC.CCCCC(C)C.CN.NC(=O)c1cn2c3c(c1=O)=CCC(F)=C(NCCCCN=O)C=3Oc1cc3ccccc3cc1-2. The Morgan fingerprint density at radius 2 is 1.74 bits per heavy atom. The molecule has 0 radical (unpaired) electrons. The lowest BCUT2D eigenvalue weighted by molar-refractivity contribution is 0.0998. The van der Waals surface area contributed by atoms with Gasteiger partial charge in [-0.15, -0.1) is 0 Å². The topological polar surface area (TPSA) is 142 Å². The van der Waals surface area contributed by atoms with Crippen molar-refractivity contribution in [2.24, 2.45) is 22.6 Å². The van der Waals surface area contributed by atoms with Crippen LogP contribution in [0.15, 0.2) is 64.1 Å². The molecule has 0 bridgehead atoms. The van der Waals surface area contributed by atoms with Gasteiger partial charge >= 0.3 is 0 Å². The van der Waals surface area contributed by atoms with Crippen LogP contribution in [0.25, 0.3) is 28.3 Å². The first-order valence-corrected chi connectivity index (χ1v) is 16.2. The van der Waals surface area contributed by atoms with Crippen LogP contribution < -0.4 is 37.5 Å². The Balaban J connectivity index is 0.000000531. The van der Waals surface area contributed by atoms with Crippen LogP contribution in [0.5, 0.6) is 5.75 Å². The predicted octanol–water partition coefficient (Wildman–Crippen LogP) is 5.92. The van der Waals surface area contributed by atoms with Crippen LogP contribution in [-0.2, 0) is 0 Å². The number of pyridine rings is 1. The number of primary amides is 1. The van der Waals surface area contributed by atoms with Gasteiger partial charge < -0.3 is 26.1 Å². The molecule has 0 fully saturated rings. The van der Waals surface area contributed by atoms with Gasteiger partial charge in [-0.1, -0.05) is 95.8 Å². The summed E-state index contributed by atoms with van der Waals surface area (Å²) in [7, 11) is 1.50. The van der Waals surface area contributed by atoms with Crippen molar-refractivity contribution in [3.05, 3.63) is 85.4 Å². The zero-order valence-corrected chi connectivity index (χ0v) is 28.1. The molecule has 10 heteroatoms. The summed E-state index contributed by atoms with van der Waals surface area (Å²) in [6, 6.07) is 11.4. The molecule has 46 heavy (non-hydrogen) atoms. The minimum absolute atomic E-state index is 0.132. The van der Waals surface area contributed by atoms with Gasteiger partial charge in [0.2, 0.25) is 5.43 Å². The van der Waals surface area contributed by atoms with Crippen LogP contribution in [0.1, 0.15) is 89.9 Å². The van der Waals surface area contributed by atoms with Gasteiger partial charge in [-0.2, -0.15) is 4.91 Å². The van der Waals surface area contributed by atoms with E-state index >= 15 is 4.39 Å². The second-order valence-corrected chi connectivity index (χ2v) is 11.4. The maximum atomic E-state index is 15.3. The Labute approximate surface area is 271 Å². The Bertz CT molecular complexity index is 1690. The average molecular weight is 636 g/mol. The zero-order chi connectivity index (χ0) is 34.2. The monoisotopic (exact) mass is 635 g/mol. The van der Waals surface area contributed by atoms with E-state index in [1.54, 1.807) is 4.57 Å². The maximum absolute atomic E-state index is 15.3. The van der Waals surface area contributed by atoms with E-state index in [1.807, 2.05) is 36.4 Å². The number of nitrogens with two attached hydrogens (primary N) is 2. The standard InChI is InChI=1S/C25H21FN4O4.C7H16.C3H8.CH5N/c26-18-8-7-16-22-24(21(18)28-9-3-4-10-29-33)34-20-12-15-6-2-1-5-14(15)11-19(20)30(22)13-17(23(16)31)25(27)32;1-4-5-6-7(2)3;1-3-2;1-2/h1-2,5-7,11-13,28H,3-4,8-10H2,(H2,27,32);7H,4-6H2,1-3H3;3H2,1-2H3;2H2,1H3. The fourth-order valence-electron chi connectivity index (χ4n) is 4.95. The molecule has 2 heterocycles. The number of nitrogens with one attached hydrogen (secondary N) is 1. The van der Waals surface area contributed by atoms with Crippen LogP contribution in [-0.4, -0.2) is 30.6 Å². The van der Waals surface area contributed by atoms with Crippen LogP contribution >= 0.6 is 0 Å². The molecule has 9 nitrogen and oxygen atoms in total. The second kappa shape index (κ2) is 19.3. The van der Waals surface area contributed by atoms with E-state index < -0.39 is 17.2 Å². The van der Waals surface area contributed by atoms with Crippen molar-refractivity contribution >= 4 is 28.5 Å². The van der Waals surface area contributed by atoms with Gasteiger partial charge in [0.1, 0.15) is 22.4 Å². The Morgan fingerprint density at radius 3 is 2.30 bits per heavy atom. The number of amides is 1. The molecule has 0 atom stereocenters. The molecule has 0 saturated carbocycles. The highest BCUT2D eigenvalue weighted by molar-refractivity contribution is 5.93. The molecule has 1 aliphatic carbocycles. The molecular weight excluding hydrogens is 585 g/mol. The fourth-order valence-corrected chi connectivity index (χ4v) is 4.95. The van der Waals surface area contributed by atoms with Gasteiger partial charge in [-0.05, 0) is 48.7 Å². The number of fused-ring (bicyclic) bond motifs is 3. The summed E-state index contributed by atoms with van der Waals surface area (Å²) in [4.78, 5) is 35.5. The van der Waals surface area contributed by atoms with Gasteiger partial charge in [0.05, 0.1) is 12.2 Å². The second-order valence-electron chi connectivity index (χ2n) is 11.4. The normalized spacial score (nSPS) is 12.4. The number of hydrogen-bond acceptors (Lipinski definition) is 7. The van der Waals surface area contributed by atoms with Crippen molar-refractivity contribution < 1.29 is 13.9 Å². The fraction of sp³-hybridized carbons (Fsp3) is 0.444. The lowest BCUT2D eigenvalue weighted by Crippen LogP contribution is -2.51. The summed E-state index contributed by atoms with van der Waals surface area (Å²) in [6.45, 7) is 11.6. The summed E-state index contributed by atoms with van der Waals surface area (Å²) >= 11 is 0. The minimum Gasteiger partial charge on any atom is -0.451 e. The number of nitroso groups, excluding NO2 is 1. The zero-order valence-electron chi connectivity index (χ0n) is 28.1. The summed E-state index contributed by atoms with van der Waals surface area (Å²) < 4.78 is 23.2. The summed E-state index contributed by atoms with van der Waals surface area (Å²) in [6.07, 6.45) is 9.24. The third-order valence-electron chi connectivity index (χ3n) is 7.12. The molecule has 0 spiro atoms. The Hall–Kier alpha value is -4.31. The first-order chi connectivity index (χ1) is 22.2. The molecule has 0 saturated heterocycles. The summed E-state index contributed by atoms with van der Waals surface area (Å²) in [5.41, 5.74) is 9.98. The molecule has 3 aromatic rings. The number of carbonyl (C=O) groups excluding carboxylic acids is 1. The summed E-state index contributed by atoms with van der Waals surface area (Å²) in [5, 5.41) is 8.27. The third kappa shape index (κ3) is 9.59. The molecule has 1 aromatic heterocycles. The van der Waals surface area contributed by atoms with Crippen molar-refractivity contribution in [1.82, 2.24) is 9.88 Å². The van der Waals surface area contributed by atoms with Crippen LogP contribution in [0.3, 0.4) is 0 Å². The number of hydrogen-bond donors (Lipinski definition) is 3. The molecule has 0 unspecified atom stereocenters. The van der Waals surface area contributed by atoms with Crippen molar-refractivity contribution in [1.29, 1.82) is 0 Å². The van der Waals surface area contributed by atoms with Gasteiger partial charge in [0, 0.05) is 24.4 Å². The number of rotatable bonds is 10. The van der Waals surface area contributed by atoms with Gasteiger partial charge in [0.15, 0.2) is 11.5 Å². The lowest BCUT2D eigenvalue weighted by atomic mass is 10.1. The average Bonchev–Trinajstić information content (AvgIpc) is 3.18. The van der Waals surface area contributed by atoms with E-state index in [9.17, 15) is 14.5 Å². The lowest BCUT2D eigenvalue weighted by Gasteiger charge is -2.25.